The third kappa shape index (κ3) is 6.48. The quantitative estimate of drug-likeness (QED) is 0.715. The van der Waals surface area contributed by atoms with Crippen molar-refractivity contribution >= 4 is 17.7 Å². The number of likely N-dealkylation sites (tertiary alicyclic amines) is 1. The summed E-state index contributed by atoms with van der Waals surface area (Å²) in [5.41, 5.74) is 0. The molecule has 182 valence electrons. The first-order valence-corrected chi connectivity index (χ1v) is 13.0. The third-order valence-corrected chi connectivity index (χ3v) is 7.77. The van der Waals surface area contributed by atoms with Crippen LogP contribution in [0.4, 0.5) is 0 Å². The zero-order chi connectivity index (χ0) is 23.4. The van der Waals surface area contributed by atoms with Crippen molar-refractivity contribution in [3.05, 3.63) is 0 Å². The van der Waals surface area contributed by atoms with Gasteiger partial charge in [0.25, 0.3) is 0 Å². The van der Waals surface area contributed by atoms with Crippen molar-refractivity contribution in [1.82, 2.24) is 15.1 Å². The zero-order valence-electron chi connectivity index (χ0n) is 20.9. The smallest absolute Gasteiger partial charge is 0.223 e. The summed E-state index contributed by atoms with van der Waals surface area (Å²) in [6.07, 6.45) is 6.33. The van der Waals surface area contributed by atoms with E-state index < -0.39 is 0 Å². The number of hydrogen-bond acceptors (Lipinski definition) is 3. The number of carbonyl (C=O) groups is 3. The first-order chi connectivity index (χ1) is 15.1. The van der Waals surface area contributed by atoms with Crippen molar-refractivity contribution in [2.45, 2.75) is 98.1 Å². The van der Waals surface area contributed by atoms with Gasteiger partial charge in [-0.15, -0.1) is 0 Å². The monoisotopic (exact) mass is 447 g/mol. The number of carbonyl (C=O) groups excluding carboxylic acids is 3. The minimum atomic E-state index is 0.138. The molecule has 3 rings (SSSR count). The maximum Gasteiger partial charge on any atom is 0.223 e. The van der Waals surface area contributed by atoms with Gasteiger partial charge in [0.15, 0.2) is 0 Å². The van der Waals surface area contributed by atoms with Crippen LogP contribution < -0.4 is 5.32 Å². The van der Waals surface area contributed by atoms with Gasteiger partial charge in [-0.3, -0.25) is 14.4 Å². The second-order valence-electron chi connectivity index (χ2n) is 11.6. The Balaban J connectivity index is 1.74. The Kier molecular flexibility index (Phi) is 8.62. The molecule has 3 fully saturated rings. The van der Waals surface area contributed by atoms with Crippen LogP contribution in [0.25, 0.3) is 0 Å². The van der Waals surface area contributed by atoms with E-state index in [4.69, 9.17) is 0 Å². The van der Waals surface area contributed by atoms with Crippen molar-refractivity contribution in [1.29, 1.82) is 0 Å². The van der Waals surface area contributed by atoms with Gasteiger partial charge < -0.3 is 15.1 Å². The van der Waals surface area contributed by atoms with E-state index in [1.54, 1.807) is 0 Å². The molecule has 0 aromatic rings. The molecule has 0 spiro atoms. The van der Waals surface area contributed by atoms with Gasteiger partial charge in [-0.25, -0.2) is 0 Å². The molecule has 6 nitrogen and oxygen atoms in total. The Morgan fingerprint density at radius 2 is 1.81 bits per heavy atom. The van der Waals surface area contributed by atoms with E-state index in [-0.39, 0.29) is 29.8 Å². The van der Waals surface area contributed by atoms with E-state index in [9.17, 15) is 14.4 Å². The molecule has 3 aliphatic heterocycles. The highest BCUT2D eigenvalue weighted by Crippen LogP contribution is 2.37. The van der Waals surface area contributed by atoms with Gasteiger partial charge in [0.1, 0.15) is 0 Å². The molecule has 0 unspecified atom stereocenters. The summed E-state index contributed by atoms with van der Waals surface area (Å²) >= 11 is 0. The van der Waals surface area contributed by atoms with E-state index in [0.717, 1.165) is 51.7 Å². The SMILES string of the molecule is CC(C)CC(=O)N1C[C@@H]2C[C@@H](C1)[C@@H]1CCCC(=O)N[C@H](C(C)C)CC[C@@H](C)CC(=O)N1C2. The summed E-state index contributed by atoms with van der Waals surface area (Å²) < 4.78 is 0. The molecule has 0 aromatic heterocycles. The van der Waals surface area contributed by atoms with E-state index in [2.05, 4.69) is 49.7 Å². The van der Waals surface area contributed by atoms with Crippen molar-refractivity contribution in [3.8, 4) is 0 Å². The molecule has 3 saturated heterocycles. The van der Waals surface area contributed by atoms with Gasteiger partial charge in [-0.2, -0.15) is 0 Å². The number of piperidine rings is 2. The first kappa shape index (κ1) is 25.0. The molecule has 0 aliphatic carbocycles. The second kappa shape index (κ2) is 11.0. The summed E-state index contributed by atoms with van der Waals surface area (Å²) in [4.78, 5) is 43.0. The van der Waals surface area contributed by atoms with Gasteiger partial charge in [-0.1, -0.05) is 34.6 Å². The van der Waals surface area contributed by atoms with Crippen LogP contribution in [0.3, 0.4) is 0 Å². The Morgan fingerprint density at radius 1 is 1.06 bits per heavy atom. The van der Waals surface area contributed by atoms with Gasteiger partial charge in [-0.05, 0) is 61.7 Å². The molecule has 3 aliphatic rings. The molecule has 1 N–H and O–H groups in total. The maximum absolute atomic E-state index is 13.4. The molecule has 3 heterocycles. The van der Waals surface area contributed by atoms with Gasteiger partial charge >= 0.3 is 0 Å². The van der Waals surface area contributed by atoms with E-state index in [0.29, 0.717) is 48.9 Å². The summed E-state index contributed by atoms with van der Waals surface area (Å²) in [5, 5.41) is 3.25. The third-order valence-electron chi connectivity index (χ3n) is 7.77. The molecular formula is C26H45N3O3. The number of hydrogen-bond donors (Lipinski definition) is 1. The predicted molar refractivity (Wildman–Crippen MR) is 127 cm³/mol. The minimum Gasteiger partial charge on any atom is -0.353 e. The lowest BCUT2D eigenvalue weighted by Gasteiger charge is -2.51. The lowest BCUT2D eigenvalue weighted by molar-refractivity contribution is -0.146. The fourth-order valence-electron chi connectivity index (χ4n) is 5.99. The molecule has 0 saturated carbocycles. The lowest BCUT2D eigenvalue weighted by atomic mass is 9.77. The molecule has 2 bridgehead atoms. The number of fused-ring (bicyclic) bond motifs is 4. The van der Waals surface area contributed by atoms with Crippen LogP contribution in [0.1, 0.15) is 86.0 Å². The predicted octanol–water partition coefficient (Wildman–Crippen LogP) is 3.84. The Bertz CT molecular complexity index is 677. The van der Waals surface area contributed by atoms with Crippen LogP contribution in [0, 0.1) is 29.6 Å². The minimum absolute atomic E-state index is 0.138. The average Bonchev–Trinajstić information content (AvgIpc) is 2.71. The van der Waals surface area contributed by atoms with Crippen LogP contribution in [0.2, 0.25) is 0 Å². The molecule has 6 heteroatoms. The number of rotatable bonds is 3. The molecule has 5 atom stereocenters. The molecule has 0 radical (unpaired) electrons. The second-order valence-corrected chi connectivity index (χ2v) is 11.6. The van der Waals surface area contributed by atoms with E-state index in [1.165, 1.54) is 0 Å². The van der Waals surface area contributed by atoms with Gasteiger partial charge in [0.05, 0.1) is 0 Å². The zero-order valence-corrected chi connectivity index (χ0v) is 20.9. The summed E-state index contributed by atoms with van der Waals surface area (Å²) in [6.45, 7) is 13.0. The Hall–Kier alpha value is -1.59. The van der Waals surface area contributed by atoms with Crippen LogP contribution >= 0.6 is 0 Å². The van der Waals surface area contributed by atoms with Crippen molar-refractivity contribution in [3.63, 3.8) is 0 Å². The van der Waals surface area contributed by atoms with Gasteiger partial charge in [0, 0.05) is 51.0 Å². The average molecular weight is 448 g/mol. The summed E-state index contributed by atoms with van der Waals surface area (Å²) in [5.74, 6) is 2.45. The van der Waals surface area contributed by atoms with Crippen LogP contribution in [0.15, 0.2) is 0 Å². The summed E-state index contributed by atoms with van der Waals surface area (Å²) in [6, 6.07) is 0.332. The topological polar surface area (TPSA) is 69.7 Å². The maximum atomic E-state index is 13.4. The van der Waals surface area contributed by atoms with Crippen molar-refractivity contribution < 1.29 is 14.4 Å². The Morgan fingerprint density at radius 3 is 2.50 bits per heavy atom. The summed E-state index contributed by atoms with van der Waals surface area (Å²) in [7, 11) is 0. The van der Waals surface area contributed by atoms with Crippen LogP contribution in [-0.2, 0) is 14.4 Å². The van der Waals surface area contributed by atoms with E-state index >= 15 is 0 Å². The normalized spacial score (nSPS) is 32.7. The van der Waals surface area contributed by atoms with E-state index in [1.807, 2.05) is 0 Å². The highest BCUT2D eigenvalue weighted by Gasteiger charge is 2.43. The van der Waals surface area contributed by atoms with Crippen LogP contribution in [0.5, 0.6) is 0 Å². The van der Waals surface area contributed by atoms with Crippen molar-refractivity contribution in [2.75, 3.05) is 19.6 Å². The first-order valence-electron chi connectivity index (χ1n) is 13.0. The molecule has 0 aromatic carbocycles. The standard InChI is InChI=1S/C26H45N3O3/c1-17(2)11-25(31)28-14-20-13-21(16-28)23-7-6-8-24(30)27-22(18(3)4)10-9-19(5)12-26(32)29(23)15-20/h17-23H,6-16H2,1-5H3,(H,27,30)/t19-,20+,21+,22+,23+/m1/s1. The number of amides is 3. The van der Waals surface area contributed by atoms with Gasteiger partial charge in [0.2, 0.25) is 17.7 Å². The van der Waals surface area contributed by atoms with Crippen LogP contribution in [-0.4, -0.2) is 59.2 Å². The fourth-order valence-corrected chi connectivity index (χ4v) is 5.99. The molecule has 32 heavy (non-hydrogen) atoms. The lowest BCUT2D eigenvalue weighted by Crippen LogP contribution is -2.60. The Labute approximate surface area is 194 Å². The molecular weight excluding hydrogens is 402 g/mol. The largest absolute Gasteiger partial charge is 0.353 e. The highest BCUT2D eigenvalue weighted by molar-refractivity contribution is 5.78. The highest BCUT2D eigenvalue weighted by atomic mass is 16.2. The number of nitrogens with zero attached hydrogens (tertiary/aromatic N) is 2. The fraction of sp³-hybridized carbons (Fsp3) is 0.885. The molecule has 3 amide bonds. The number of nitrogens with one attached hydrogen (secondary N) is 1. The van der Waals surface area contributed by atoms with Crippen molar-refractivity contribution in [2.24, 2.45) is 29.6 Å².